The van der Waals surface area contributed by atoms with Crippen LogP contribution in [0.2, 0.25) is 0 Å². The number of pyridine rings is 1. The molecular weight excluding hydrogens is 781 g/mol. The lowest BCUT2D eigenvalue weighted by Crippen LogP contribution is -2.61. The molecule has 1 saturated carbocycles. The zero-order valence-corrected chi connectivity index (χ0v) is 35.7. The van der Waals surface area contributed by atoms with Gasteiger partial charge in [-0.25, -0.2) is 22.9 Å². The number of sulfonamides is 1. The van der Waals surface area contributed by atoms with Crippen LogP contribution in [-0.2, 0) is 24.4 Å². The van der Waals surface area contributed by atoms with Crippen LogP contribution in [0.5, 0.6) is 11.5 Å². The number of carbonyl (C=O) groups is 4. The molecule has 4 aromatic rings. The van der Waals surface area contributed by atoms with Crippen molar-refractivity contribution in [3.8, 4) is 22.8 Å². The van der Waals surface area contributed by atoms with E-state index in [1.165, 1.54) is 11.0 Å². The van der Waals surface area contributed by atoms with E-state index in [9.17, 15) is 27.6 Å². The highest BCUT2D eigenvalue weighted by Crippen LogP contribution is 2.47. The van der Waals surface area contributed by atoms with Crippen molar-refractivity contribution in [1.29, 1.82) is 0 Å². The van der Waals surface area contributed by atoms with Gasteiger partial charge in [0.25, 0.3) is 15.9 Å². The standard InChI is InChI=1S/C42H52N6O8S2/c1-9-26-23-42(26,38(51)47-58(53,54)34-16-13-19-57-34)45-36(49)32-21-28(24-48(32)37(50)35(40(2,3)4)44-39(52)46-41(5,6)7)56-33-22-30(25-14-11-10-12-15-25)43-31-20-27(55-8)17-18-29(31)33/h10-20,22,26,28,32,35H,9,21,23-24H2,1-8H3,(H,45,49)(H,47,51)(H2,44,46,52). The number of nitrogens with one attached hydrogen (secondary N) is 4. The molecule has 16 heteroatoms. The number of amides is 5. The van der Waals surface area contributed by atoms with Gasteiger partial charge in [-0.05, 0) is 62.1 Å². The van der Waals surface area contributed by atoms with Gasteiger partial charge in [0.1, 0.15) is 39.4 Å². The summed E-state index contributed by atoms with van der Waals surface area (Å²) < 4.78 is 40.6. The summed E-state index contributed by atoms with van der Waals surface area (Å²) in [4.78, 5) is 62.6. The Labute approximate surface area is 343 Å². The van der Waals surface area contributed by atoms with Crippen molar-refractivity contribution < 1.29 is 37.1 Å². The summed E-state index contributed by atoms with van der Waals surface area (Å²) in [5, 5.41) is 10.9. The summed E-state index contributed by atoms with van der Waals surface area (Å²) in [5.74, 6) is -1.26. The van der Waals surface area contributed by atoms with E-state index < -0.39 is 68.5 Å². The van der Waals surface area contributed by atoms with Crippen molar-refractivity contribution in [3.63, 3.8) is 0 Å². The molecular formula is C42H52N6O8S2. The van der Waals surface area contributed by atoms with Crippen molar-refractivity contribution in [2.75, 3.05) is 13.7 Å². The van der Waals surface area contributed by atoms with Crippen LogP contribution >= 0.6 is 11.3 Å². The summed E-state index contributed by atoms with van der Waals surface area (Å²) in [6, 6.07) is 17.1. The zero-order chi connectivity index (χ0) is 42.2. The molecule has 0 spiro atoms. The smallest absolute Gasteiger partial charge is 0.315 e. The Bertz CT molecular complexity index is 2290. The summed E-state index contributed by atoms with van der Waals surface area (Å²) in [5.41, 5.74) is -0.788. The van der Waals surface area contributed by atoms with E-state index in [2.05, 4.69) is 20.7 Å². The molecule has 2 aromatic carbocycles. The second-order valence-corrected chi connectivity index (χ2v) is 19.9. The molecule has 14 nitrogen and oxygen atoms in total. The van der Waals surface area contributed by atoms with Crippen LogP contribution in [0.4, 0.5) is 4.79 Å². The van der Waals surface area contributed by atoms with Gasteiger partial charge in [0, 0.05) is 35.0 Å². The van der Waals surface area contributed by atoms with Crippen LogP contribution in [0.25, 0.3) is 22.2 Å². The van der Waals surface area contributed by atoms with Crippen molar-refractivity contribution in [1.82, 2.24) is 30.6 Å². The Kier molecular flexibility index (Phi) is 11.8. The average Bonchev–Trinajstić information content (AvgIpc) is 3.44. The first-order valence-corrected chi connectivity index (χ1v) is 21.6. The number of methoxy groups -OCH3 is 1. The Hall–Kier alpha value is -5.22. The quantitative estimate of drug-likeness (QED) is 0.141. The van der Waals surface area contributed by atoms with Crippen molar-refractivity contribution >= 4 is 56.0 Å². The van der Waals surface area contributed by atoms with Gasteiger partial charge in [0.2, 0.25) is 11.8 Å². The van der Waals surface area contributed by atoms with Gasteiger partial charge in [0.15, 0.2) is 0 Å². The van der Waals surface area contributed by atoms with Crippen molar-refractivity contribution in [3.05, 3.63) is 72.1 Å². The molecule has 5 amide bonds. The molecule has 2 fully saturated rings. The Morgan fingerprint density at radius 2 is 1.72 bits per heavy atom. The lowest BCUT2D eigenvalue weighted by molar-refractivity contribution is -0.142. The summed E-state index contributed by atoms with van der Waals surface area (Å²) in [6.07, 6.45) is 0.0277. The summed E-state index contributed by atoms with van der Waals surface area (Å²) in [6.45, 7) is 12.7. The van der Waals surface area contributed by atoms with Crippen LogP contribution < -0.4 is 30.1 Å². The van der Waals surface area contributed by atoms with Gasteiger partial charge in [0.05, 0.1) is 24.9 Å². The Morgan fingerprint density at radius 3 is 2.33 bits per heavy atom. The van der Waals surface area contributed by atoms with Crippen molar-refractivity contribution in [2.45, 2.75) is 101 Å². The largest absolute Gasteiger partial charge is 0.497 e. The molecule has 3 heterocycles. The first kappa shape index (κ1) is 42.4. The number of urea groups is 1. The van der Waals surface area contributed by atoms with Crippen LogP contribution in [0, 0.1) is 11.3 Å². The van der Waals surface area contributed by atoms with Crippen LogP contribution in [-0.4, -0.2) is 85.0 Å². The van der Waals surface area contributed by atoms with Gasteiger partial charge in [-0.3, -0.25) is 14.4 Å². The van der Waals surface area contributed by atoms with Gasteiger partial charge >= 0.3 is 6.03 Å². The maximum atomic E-state index is 14.7. The number of ether oxygens (including phenoxy) is 2. The fourth-order valence-corrected chi connectivity index (χ4v) is 9.36. The normalized spacial score (nSPS) is 21.2. The third-order valence-electron chi connectivity index (χ3n) is 10.4. The van der Waals surface area contributed by atoms with Crippen LogP contribution in [0.3, 0.4) is 0 Å². The number of likely N-dealkylation sites (tertiary alicyclic amines) is 1. The lowest BCUT2D eigenvalue weighted by Gasteiger charge is -2.36. The third-order valence-corrected chi connectivity index (χ3v) is 13.1. The van der Waals surface area contributed by atoms with E-state index in [0.717, 1.165) is 16.9 Å². The SMILES string of the molecule is CCC1CC1(NC(=O)C1CC(Oc2cc(-c3ccccc3)nc3cc(OC)ccc23)CN1C(=O)C(NC(=O)NC(C)(C)C)C(C)(C)C)C(=O)NS(=O)(=O)c1cccs1. The van der Waals surface area contributed by atoms with Crippen LogP contribution in [0.1, 0.15) is 67.7 Å². The fourth-order valence-electron chi connectivity index (χ4n) is 7.33. The van der Waals surface area contributed by atoms with Crippen molar-refractivity contribution in [2.24, 2.45) is 11.3 Å². The second kappa shape index (κ2) is 16.2. The van der Waals surface area contributed by atoms with E-state index in [-0.39, 0.29) is 29.5 Å². The predicted molar refractivity (Wildman–Crippen MR) is 222 cm³/mol. The minimum atomic E-state index is -4.19. The highest BCUT2D eigenvalue weighted by molar-refractivity contribution is 7.92. The molecule has 6 rings (SSSR count). The van der Waals surface area contributed by atoms with Gasteiger partial charge in [-0.1, -0.05) is 70.5 Å². The highest BCUT2D eigenvalue weighted by atomic mass is 32.2. The van der Waals surface area contributed by atoms with Gasteiger partial charge < -0.3 is 30.3 Å². The number of aromatic nitrogens is 1. The molecule has 310 valence electrons. The molecule has 0 bridgehead atoms. The number of rotatable bonds is 12. The second-order valence-electron chi connectivity index (χ2n) is 17.0. The number of hydrogen-bond acceptors (Lipinski definition) is 10. The maximum absolute atomic E-state index is 14.7. The van der Waals surface area contributed by atoms with E-state index in [1.54, 1.807) is 30.7 Å². The number of fused-ring (bicyclic) bond motifs is 1. The molecule has 1 aliphatic heterocycles. The van der Waals surface area contributed by atoms with E-state index in [0.29, 0.717) is 34.5 Å². The fraction of sp³-hybridized carbons (Fsp3) is 0.452. The number of nitrogens with zero attached hydrogens (tertiary/aromatic N) is 2. The molecule has 4 N–H and O–H groups in total. The third kappa shape index (κ3) is 9.23. The number of benzene rings is 2. The number of hydrogen-bond donors (Lipinski definition) is 4. The zero-order valence-electron chi connectivity index (χ0n) is 34.0. The number of thiophene rings is 1. The van der Waals surface area contributed by atoms with Gasteiger partial charge in [-0.2, -0.15) is 0 Å². The molecule has 58 heavy (non-hydrogen) atoms. The molecule has 0 radical (unpaired) electrons. The van der Waals surface area contributed by atoms with E-state index in [1.807, 2.05) is 90.9 Å². The molecule has 1 aliphatic carbocycles. The highest BCUT2D eigenvalue weighted by Gasteiger charge is 2.62. The minimum Gasteiger partial charge on any atom is -0.497 e. The summed E-state index contributed by atoms with van der Waals surface area (Å²) in [7, 11) is -2.62. The molecule has 5 atom stereocenters. The maximum Gasteiger partial charge on any atom is 0.315 e. The minimum absolute atomic E-state index is 0.0303. The molecule has 2 aliphatic rings. The Balaban J connectivity index is 1.35. The van der Waals surface area contributed by atoms with Crippen LogP contribution in [0.15, 0.2) is 76.3 Å². The monoisotopic (exact) mass is 832 g/mol. The summed E-state index contributed by atoms with van der Waals surface area (Å²) >= 11 is 0.969. The predicted octanol–water partition coefficient (Wildman–Crippen LogP) is 5.62. The Morgan fingerprint density at radius 1 is 1.00 bits per heavy atom. The molecule has 5 unspecified atom stereocenters. The molecule has 2 aromatic heterocycles. The van der Waals surface area contributed by atoms with E-state index in [4.69, 9.17) is 14.5 Å². The lowest BCUT2D eigenvalue weighted by atomic mass is 9.85. The van der Waals surface area contributed by atoms with E-state index >= 15 is 0 Å². The average molecular weight is 833 g/mol. The number of carbonyl (C=O) groups excluding carboxylic acids is 4. The first-order chi connectivity index (χ1) is 27.2. The first-order valence-electron chi connectivity index (χ1n) is 19.3. The molecule has 1 saturated heterocycles. The van der Waals surface area contributed by atoms with Gasteiger partial charge in [-0.15, -0.1) is 11.3 Å². The topological polar surface area (TPSA) is 185 Å².